The standard InChI is InChI=1S/C30H36FN5O3/c1-34-26(11-15-33-34)29(38)36-18-13-30(14-19-36)12-4-17-35(21-23-7-9-24(31)10-8-23)20-16-32-28(37)25-5-2-3-6-27(25)39-22-30/h2-3,5-11,15H,4,12-14,16-22H2,1H3,(H,32,37). The summed E-state index contributed by atoms with van der Waals surface area (Å²) >= 11 is 0. The summed E-state index contributed by atoms with van der Waals surface area (Å²) < 4.78 is 21.4. The first-order valence-electron chi connectivity index (χ1n) is 13.7. The highest BCUT2D eigenvalue weighted by Crippen LogP contribution is 2.38. The van der Waals surface area contributed by atoms with Gasteiger partial charge in [-0.2, -0.15) is 5.10 Å². The summed E-state index contributed by atoms with van der Waals surface area (Å²) in [5, 5.41) is 7.18. The zero-order valence-corrected chi connectivity index (χ0v) is 22.4. The van der Waals surface area contributed by atoms with Crippen molar-refractivity contribution in [2.24, 2.45) is 12.5 Å². The molecule has 2 amide bonds. The molecule has 8 nitrogen and oxygen atoms in total. The number of carbonyl (C=O) groups excluding carboxylic acids is 2. The Balaban J connectivity index is 1.33. The van der Waals surface area contributed by atoms with Crippen molar-refractivity contribution < 1.29 is 18.7 Å². The lowest BCUT2D eigenvalue weighted by Gasteiger charge is -2.42. The molecular weight excluding hydrogens is 497 g/mol. The zero-order valence-electron chi connectivity index (χ0n) is 22.4. The summed E-state index contributed by atoms with van der Waals surface area (Å²) in [5.74, 6) is 0.190. The Labute approximate surface area is 228 Å². The summed E-state index contributed by atoms with van der Waals surface area (Å²) in [7, 11) is 1.78. The van der Waals surface area contributed by atoms with Crippen molar-refractivity contribution in [1.82, 2.24) is 24.9 Å². The molecule has 2 aliphatic heterocycles. The minimum atomic E-state index is -0.246. The van der Waals surface area contributed by atoms with Crippen LogP contribution in [0.25, 0.3) is 0 Å². The van der Waals surface area contributed by atoms with Gasteiger partial charge in [0, 0.05) is 51.4 Å². The van der Waals surface area contributed by atoms with Gasteiger partial charge in [0.25, 0.3) is 11.8 Å². The number of ether oxygens (including phenoxy) is 1. The van der Waals surface area contributed by atoms with Crippen LogP contribution in [0.15, 0.2) is 60.8 Å². The van der Waals surface area contributed by atoms with Crippen LogP contribution >= 0.6 is 0 Å². The first kappa shape index (κ1) is 26.9. The third-order valence-electron chi connectivity index (χ3n) is 8.03. The summed E-state index contributed by atoms with van der Waals surface area (Å²) in [6, 6.07) is 15.7. The second-order valence-electron chi connectivity index (χ2n) is 10.7. The van der Waals surface area contributed by atoms with Gasteiger partial charge in [0.05, 0.1) is 12.2 Å². The van der Waals surface area contributed by atoms with Gasteiger partial charge in [-0.05, 0) is 68.1 Å². The molecule has 3 heterocycles. The van der Waals surface area contributed by atoms with Crippen LogP contribution in [0, 0.1) is 11.2 Å². The number of amides is 2. The number of hydrogen-bond acceptors (Lipinski definition) is 5. The molecule has 2 aromatic carbocycles. The van der Waals surface area contributed by atoms with E-state index < -0.39 is 0 Å². The number of nitrogens with one attached hydrogen (secondary N) is 1. The SMILES string of the molecule is Cn1nccc1C(=O)N1CCC2(CCCN(Cc3ccc(F)cc3)CCNC(=O)c3ccccc3OC2)CC1. The fourth-order valence-corrected chi connectivity index (χ4v) is 5.63. The van der Waals surface area contributed by atoms with Crippen LogP contribution in [0.1, 0.15) is 52.1 Å². The van der Waals surface area contributed by atoms with Gasteiger partial charge in [-0.3, -0.25) is 19.2 Å². The molecule has 0 unspecified atom stereocenters. The van der Waals surface area contributed by atoms with E-state index >= 15 is 0 Å². The van der Waals surface area contributed by atoms with E-state index in [2.05, 4.69) is 15.3 Å². The highest BCUT2D eigenvalue weighted by atomic mass is 19.1. The molecule has 3 aromatic rings. The number of fused-ring (bicyclic) bond motifs is 1. The highest BCUT2D eigenvalue weighted by molar-refractivity contribution is 5.96. The largest absolute Gasteiger partial charge is 0.492 e. The maximum absolute atomic E-state index is 13.4. The monoisotopic (exact) mass is 533 g/mol. The number of carbonyl (C=O) groups is 2. The van der Waals surface area contributed by atoms with Gasteiger partial charge in [0.2, 0.25) is 0 Å². The van der Waals surface area contributed by atoms with Crippen LogP contribution in [0.5, 0.6) is 5.75 Å². The van der Waals surface area contributed by atoms with E-state index in [1.807, 2.05) is 35.2 Å². The molecule has 1 aromatic heterocycles. The zero-order chi connectivity index (χ0) is 27.2. The Morgan fingerprint density at radius 2 is 1.79 bits per heavy atom. The molecule has 0 aliphatic carbocycles. The topological polar surface area (TPSA) is 79.7 Å². The van der Waals surface area contributed by atoms with Gasteiger partial charge in [0.1, 0.15) is 17.3 Å². The number of piperidine rings is 1. The number of aryl methyl sites for hydroxylation is 1. The second-order valence-corrected chi connectivity index (χ2v) is 10.7. The van der Waals surface area contributed by atoms with Crippen LogP contribution in [0.2, 0.25) is 0 Å². The van der Waals surface area contributed by atoms with Gasteiger partial charge < -0.3 is 15.0 Å². The number of benzene rings is 2. The molecule has 206 valence electrons. The van der Waals surface area contributed by atoms with E-state index in [1.54, 1.807) is 30.1 Å². The van der Waals surface area contributed by atoms with Crippen LogP contribution in [0.4, 0.5) is 4.39 Å². The molecule has 39 heavy (non-hydrogen) atoms. The van der Waals surface area contributed by atoms with E-state index in [1.165, 1.54) is 12.1 Å². The molecule has 0 radical (unpaired) electrons. The van der Waals surface area contributed by atoms with Gasteiger partial charge >= 0.3 is 0 Å². The van der Waals surface area contributed by atoms with Gasteiger partial charge in [-0.25, -0.2) is 4.39 Å². The first-order valence-corrected chi connectivity index (χ1v) is 13.7. The van der Waals surface area contributed by atoms with Gasteiger partial charge in [-0.15, -0.1) is 0 Å². The van der Waals surface area contributed by atoms with E-state index in [4.69, 9.17) is 4.74 Å². The van der Waals surface area contributed by atoms with E-state index in [-0.39, 0.29) is 23.0 Å². The second kappa shape index (κ2) is 12.0. The fourth-order valence-electron chi connectivity index (χ4n) is 5.63. The number of aromatic nitrogens is 2. The molecule has 0 atom stereocenters. The number of likely N-dealkylation sites (tertiary alicyclic amines) is 1. The van der Waals surface area contributed by atoms with Crippen molar-refractivity contribution in [1.29, 1.82) is 0 Å². The predicted molar refractivity (Wildman–Crippen MR) is 146 cm³/mol. The van der Waals surface area contributed by atoms with E-state index in [9.17, 15) is 14.0 Å². The Bertz CT molecular complexity index is 1280. The molecular formula is C30H36FN5O3. The number of halogens is 1. The average molecular weight is 534 g/mol. The quantitative estimate of drug-likeness (QED) is 0.553. The molecule has 1 saturated heterocycles. The smallest absolute Gasteiger partial charge is 0.272 e. The van der Waals surface area contributed by atoms with Gasteiger partial charge in [0.15, 0.2) is 0 Å². The van der Waals surface area contributed by atoms with Crippen LogP contribution in [0.3, 0.4) is 0 Å². The Hall–Kier alpha value is -3.72. The number of hydrogen-bond donors (Lipinski definition) is 1. The van der Waals surface area contributed by atoms with Crippen molar-refractivity contribution in [2.45, 2.75) is 32.2 Å². The van der Waals surface area contributed by atoms with Crippen molar-refractivity contribution >= 4 is 11.8 Å². The highest BCUT2D eigenvalue weighted by Gasteiger charge is 2.37. The first-order chi connectivity index (χ1) is 18.9. The number of nitrogens with zero attached hydrogens (tertiary/aromatic N) is 4. The van der Waals surface area contributed by atoms with Crippen LogP contribution < -0.4 is 10.1 Å². The number of rotatable bonds is 3. The molecule has 5 rings (SSSR count). The van der Waals surface area contributed by atoms with Crippen molar-refractivity contribution in [3.05, 3.63) is 83.4 Å². The Morgan fingerprint density at radius 3 is 2.54 bits per heavy atom. The maximum Gasteiger partial charge on any atom is 0.272 e. The summed E-state index contributed by atoms with van der Waals surface area (Å²) in [6.07, 6.45) is 5.19. The third-order valence-corrected chi connectivity index (χ3v) is 8.03. The summed E-state index contributed by atoms with van der Waals surface area (Å²) in [4.78, 5) is 30.3. The minimum Gasteiger partial charge on any atom is -0.492 e. The molecule has 0 saturated carbocycles. The van der Waals surface area contributed by atoms with Gasteiger partial charge in [-0.1, -0.05) is 24.3 Å². The minimum absolute atomic E-state index is 0.00268. The molecule has 1 N–H and O–H groups in total. The lowest BCUT2D eigenvalue weighted by molar-refractivity contribution is 0.0342. The van der Waals surface area contributed by atoms with Crippen molar-refractivity contribution in [2.75, 3.05) is 39.3 Å². The predicted octanol–water partition coefficient (Wildman–Crippen LogP) is 3.89. The lowest BCUT2D eigenvalue weighted by Crippen LogP contribution is -2.46. The maximum atomic E-state index is 13.4. The molecule has 1 spiro atoms. The van der Waals surface area contributed by atoms with Crippen molar-refractivity contribution in [3.8, 4) is 5.75 Å². The molecule has 9 heteroatoms. The average Bonchev–Trinajstić information content (AvgIpc) is 3.38. The molecule has 1 fully saturated rings. The molecule has 0 bridgehead atoms. The molecule has 2 aliphatic rings. The Kier molecular flexibility index (Phi) is 8.26. The van der Waals surface area contributed by atoms with Crippen LogP contribution in [-0.2, 0) is 13.6 Å². The van der Waals surface area contributed by atoms with E-state index in [0.717, 1.165) is 37.8 Å². The fraction of sp³-hybridized carbons (Fsp3) is 0.433. The van der Waals surface area contributed by atoms with E-state index in [0.29, 0.717) is 56.3 Å². The van der Waals surface area contributed by atoms with Crippen LogP contribution in [-0.4, -0.2) is 70.7 Å². The lowest BCUT2D eigenvalue weighted by atomic mass is 9.75. The third kappa shape index (κ3) is 6.47. The summed E-state index contributed by atoms with van der Waals surface area (Å²) in [5.41, 5.74) is 2.05. The normalized spacial score (nSPS) is 18.7. The Morgan fingerprint density at radius 1 is 1.03 bits per heavy atom. The summed E-state index contributed by atoms with van der Waals surface area (Å²) in [6.45, 7) is 4.51. The van der Waals surface area contributed by atoms with Crippen molar-refractivity contribution in [3.63, 3.8) is 0 Å². The number of para-hydroxylation sites is 1.